The van der Waals surface area contributed by atoms with E-state index in [0.29, 0.717) is 6.04 Å². The standard InChI is InChI=1S/C9H18N2S/c1-3-5-8(2)11-9-10-6-4-7-12-9/h8H,3-7H2,1-2H3,(H,10,11). The van der Waals surface area contributed by atoms with E-state index in [0.717, 1.165) is 11.7 Å². The summed E-state index contributed by atoms with van der Waals surface area (Å²) in [5, 5.41) is 4.59. The third-order valence-electron chi connectivity index (χ3n) is 1.89. The van der Waals surface area contributed by atoms with Gasteiger partial charge in [-0.2, -0.15) is 0 Å². The highest BCUT2D eigenvalue weighted by atomic mass is 32.2. The van der Waals surface area contributed by atoms with Gasteiger partial charge < -0.3 is 5.32 Å². The summed E-state index contributed by atoms with van der Waals surface area (Å²) in [6, 6.07) is 0.583. The molecule has 0 aromatic carbocycles. The molecule has 0 spiro atoms. The van der Waals surface area contributed by atoms with Gasteiger partial charge in [0.2, 0.25) is 0 Å². The lowest BCUT2D eigenvalue weighted by Crippen LogP contribution is -2.32. The van der Waals surface area contributed by atoms with Gasteiger partial charge in [-0.15, -0.1) is 0 Å². The zero-order valence-corrected chi connectivity index (χ0v) is 8.78. The summed E-state index contributed by atoms with van der Waals surface area (Å²) in [5.74, 6) is 1.23. The maximum Gasteiger partial charge on any atom is 0.156 e. The average molecular weight is 186 g/mol. The molecule has 3 heteroatoms. The summed E-state index contributed by atoms with van der Waals surface area (Å²) in [4.78, 5) is 4.42. The van der Waals surface area contributed by atoms with Crippen LogP contribution in [0, 0.1) is 0 Å². The fraction of sp³-hybridized carbons (Fsp3) is 0.889. The predicted octanol–water partition coefficient (Wildman–Crippen LogP) is 2.26. The Morgan fingerprint density at radius 2 is 2.50 bits per heavy atom. The molecule has 1 aliphatic heterocycles. The molecule has 0 aromatic heterocycles. The first-order valence-electron chi connectivity index (χ1n) is 4.76. The first kappa shape index (κ1) is 9.90. The van der Waals surface area contributed by atoms with E-state index in [1.807, 2.05) is 11.8 Å². The second kappa shape index (κ2) is 5.46. The normalized spacial score (nSPS) is 20.0. The topological polar surface area (TPSA) is 24.4 Å². The van der Waals surface area contributed by atoms with Crippen LogP contribution in [0.2, 0.25) is 0 Å². The number of nitrogens with one attached hydrogen (secondary N) is 1. The van der Waals surface area contributed by atoms with Crippen molar-refractivity contribution >= 4 is 16.9 Å². The maximum absolute atomic E-state index is 4.42. The van der Waals surface area contributed by atoms with Crippen LogP contribution in [0.3, 0.4) is 0 Å². The van der Waals surface area contributed by atoms with Crippen LogP contribution in [-0.2, 0) is 0 Å². The third-order valence-corrected chi connectivity index (χ3v) is 2.90. The van der Waals surface area contributed by atoms with Crippen LogP contribution in [0.4, 0.5) is 0 Å². The van der Waals surface area contributed by atoms with Gasteiger partial charge in [-0.05, 0) is 19.8 Å². The minimum absolute atomic E-state index is 0.583. The van der Waals surface area contributed by atoms with Gasteiger partial charge in [-0.1, -0.05) is 25.1 Å². The van der Waals surface area contributed by atoms with Crippen LogP contribution >= 0.6 is 11.8 Å². The molecular weight excluding hydrogens is 168 g/mol. The molecule has 0 aliphatic carbocycles. The van der Waals surface area contributed by atoms with Crippen LogP contribution in [0.1, 0.15) is 33.1 Å². The number of nitrogens with zero attached hydrogens (tertiary/aromatic N) is 1. The Hall–Kier alpha value is -0.180. The molecule has 0 saturated heterocycles. The Morgan fingerprint density at radius 1 is 1.67 bits per heavy atom. The molecule has 12 heavy (non-hydrogen) atoms. The lowest BCUT2D eigenvalue weighted by atomic mass is 10.2. The van der Waals surface area contributed by atoms with E-state index in [2.05, 4.69) is 24.2 Å². The van der Waals surface area contributed by atoms with E-state index < -0.39 is 0 Å². The van der Waals surface area contributed by atoms with Crippen LogP contribution in [0.5, 0.6) is 0 Å². The van der Waals surface area contributed by atoms with Crippen molar-refractivity contribution in [1.82, 2.24) is 5.32 Å². The molecule has 1 unspecified atom stereocenters. The molecule has 0 radical (unpaired) electrons. The van der Waals surface area contributed by atoms with Gasteiger partial charge in [0.15, 0.2) is 5.17 Å². The summed E-state index contributed by atoms with van der Waals surface area (Å²) in [7, 11) is 0. The molecular formula is C9H18N2S. The summed E-state index contributed by atoms with van der Waals surface area (Å²) < 4.78 is 0. The van der Waals surface area contributed by atoms with Gasteiger partial charge in [0.25, 0.3) is 0 Å². The first-order valence-corrected chi connectivity index (χ1v) is 5.75. The smallest absolute Gasteiger partial charge is 0.156 e. The molecule has 1 atom stereocenters. The highest BCUT2D eigenvalue weighted by molar-refractivity contribution is 8.13. The van der Waals surface area contributed by atoms with E-state index in [1.54, 1.807) is 0 Å². The largest absolute Gasteiger partial charge is 0.362 e. The Labute approximate surface area is 79.2 Å². The molecule has 0 amide bonds. The van der Waals surface area contributed by atoms with Gasteiger partial charge in [0.1, 0.15) is 0 Å². The van der Waals surface area contributed by atoms with Crippen molar-refractivity contribution in [2.75, 3.05) is 12.3 Å². The van der Waals surface area contributed by atoms with Gasteiger partial charge in [0, 0.05) is 18.3 Å². The van der Waals surface area contributed by atoms with Crippen LogP contribution in [0.25, 0.3) is 0 Å². The molecule has 1 aliphatic rings. The quantitative estimate of drug-likeness (QED) is 0.731. The van der Waals surface area contributed by atoms with Crippen molar-refractivity contribution in [3.63, 3.8) is 0 Å². The van der Waals surface area contributed by atoms with E-state index in [-0.39, 0.29) is 0 Å². The molecule has 1 rings (SSSR count). The number of rotatable bonds is 3. The Balaban J connectivity index is 2.24. The van der Waals surface area contributed by atoms with Gasteiger partial charge in [-0.3, -0.25) is 4.99 Å². The number of hydrogen-bond acceptors (Lipinski definition) is 3. The second-order valence-corrected chi connectivity index (χ2v) is 4.31. The number of thioether (sulfide) groups is 1. The molecule has 1 heterocycles. The highest BCUT2D eigenvalue weighted by Crippen LogP contribution is 2.11. The molecule has 0 bridgehead atoms. The molecule has 0 fully saturated rings. The van der Waals surface area contributed by atoms with E-state index in [1.165, 1.54) is 25.0 Å². The van der Waals surface area contributed by atoms with Gasteiger partial charge >= 0.3 is 0 Å². The molecule has 0 saturated carbocycles. The predicted molar refractivity (Wildman–Crippen MR) is 56.9 cm³/mol. The summed E-state index contributed by atoms with van der Waals surface area (Å²) >= 11 is 1.86. The van der Waals surface area contributed by atoms with Gasteiger partial charge in [-0.25, -0.2) is 0 Å². The first-order chi connectivity index (χ1) is 5.83. The van der Waals surface area contributed by atoms with Crippen molar-refractivity contribution in [2.24, 2.45) is 4.99 Å². The van der Waals surface area contributed by atoms with E-state index in [9.17, 15) is 0 Å². The third kappa shape index (κ3) is 3.48. The lowest BCUT2D eigenvalue weighted by molar-refractivity contribution is 0.598. The second-order valence-electron chi connectivity index (χ2n) is 3.22. The molecule has 0 aromatic rings. The maximum atomic E-state index is 4.42. The molecule has 2 nitrogen and oxygen atoms in total. The minimum atomic E-state index is 0.583. The number of hydrogen-bond donors (Lipinski definition) is 1. The Kier molecular flexibility index (Phi) is 4.51. The fourth-order valence-corrected chi connectivity index (χ4v) is 2.20. The van der Waals surface area contributed by atoms with Gasteiger partial charge in [0.05, 0.1) is 0 Å². The van der Waals surface area contributed by atoms with Crippen molar-refractivity contribution in [2.45, 2.75) is 39.2 Å². The highest BCUT2D eigenvalue weighted by Gasteiger charge is 2.07. The number of amidine groups is 1. The monoisotopic (exact) mass is 186 g/mol. The molecule has 1 N–H and O–H groups in total. The van der Waals surface area contributed by atoms with Crippen molar-refractivity contribution in [1.29, 1.82) is 0 Å². The zero-order valence-electron chi connectivity index (χ0n) is 7.97. The van der Waals surface area contributed by atoms with Crippen molar-refractivity contribution < 1.29 is 0 Å². The minimum Gasteiger partial charge on any atom is -0.362 e. The van der Waals surface area contributed by atoms with Crippen LogP contribution in [0.15, 0.2) is 4.99 Å². The van der Waals surface area contributed by atoms with Crippen molar-refractivity contribution in [3.8, 4) is 0 Å². The van der Waals surface area contributed by atoms with E-state index >= 15 is 0 Å². The summed E-state index contributed by atoms with van der Waals surface area (Å²) in [6.45, 7) is 5.45. The molecule has 70 valence electrons. The number of aliphatic imine (C=N–C) groups is 1. The zero-order chi connectivity index (χ0) is 8.81. The SMILES string of the molecule is CCCC(C)NC1=NCCCS1. The summed E-state index contributed by atoms with van der Waals surface area (Å²) in [5.41, 5.74) is 0. The fourth-order valence-electron chi connectivity index (χ4n) is 1.26. The van der Waals surface area contributed by atoms with Crippen LogP contribution in [-0.4, -0.2) is 23.5 Å². The Morgan fingerprint density at radius 3 is 3.08 bits per heavy atom. The van der Waals surface area contributed by atoms with Crippen molar-refractivity contribution in [3.05, 3.63) is 0 Å². The Bertz CT molecular complexity index is 157. The van der Waals surface area contributed by atoms with Crippen LogP contribution < -0.4 is 5.32 Å². The lowest BCUT2D eigenvalue weighted by Gasteiger charge is -2.18. The van der Waals surface area contributed by atoms with E-state index in [4.69, 9.17) is 0 Å². The summed E-state index contributed by atoms with van der Waals surface area (Å²) in [6.07, 6.45) is 3.71. The average Bonchev–Trinajstić information content (AvgIpc) is 2.06.